The van der Waals surface area contributed by atoms with Gasteiger partial charge >= 0.3 is 6.18 Å². The molecule has 1 aromatic heterocycles. The molecule has 1 aliphatic heterocycles. The minimum Gasteiger partial charge on any atom is -0.472 e. The average molecular weight is 408 g/mol. The lowest BCUT2D eigenvalue weighted by Crippen LogP contribution is -2.56. The molecule has 1 aliphatic rings. The zero-order chi connectivity index (χ0) is 19.9. The normalized spacial score (nSPS) is 16.1. The summed E-state index contributed by atoms with van der Waals surface area (Å²) in [4.78, 5) is 3.97. The van der Waals surface area contributed by atoms with E-state index in [1.807, 2.05) is 18.2 Å². The highest BCUT2D eigenvalue weighted by Crippen LogP contribution is 2.32. The van der Waals surface area contributed by atoms with Crippen molar-refractivity contribution < 1.29 is 26.3 Å². The van der Waals surface area contributed by atoms with Gasteiger partial charge in [-0.3, -0.25) is 0 Å². The molecule has 146 valence electrons. The van der Waals surface area contributed by atoms with Crippen LogP contribution in [0.15, 0.2) is 65.7 Å². The van der Waals surface area contributed by atoms with E-state index in [-0.39, 0.29) is 23.9 Å². The van der Waals surface area contributed by atoms with E-state index in [2.05, 4.69) is 4.98 Å². The van der Waals surface area contributed by atoms with Crippen molar-refractivity contribution in [3.8, 4) is 5.88 Å². The highest BCUT2D eigenvalue weighted by Gasteiger charge is 2.39. The monoisotopic (exact) mass is 408 g/mol. The summed E-state index contributed by atoms with van der Waals surface area (Å²) in [6, 6.07) is 13.9. The first-order valence-corrected chi connectivity index (χ1v) is 9.87. The van der Waals surface area contributed by atoms with Crippen LogP contribution in [0.2, 0.25) is 0 Å². The molecule has 1 fully saturated rings. The molecule has 0 aliphatic carbocycles. The lowest BCUT2D eigenvalue weighted by molar-refractivity contribution is -0.137. The number of ether oxygens (including phenoxy) is 1. The second-order valence-electron chi connectivity index (χ2n) is 6.42. The Bertz CT molecular complexity index is 1120. The first-order valence-electron chi connectivity index (χ1n) is 8.43. The van der Waals surface area contributed by atoms with Gasteiger partial charge in [0.1, 0.15) is 6.10 Å². The summed E-state index contributed by atoms with van der Waals surface area (Å²) in [7, 11) is -3.73. The summed E-state index contributed by atoms with van der Waals surface area (Å²) < 4.78 is 70.8. The van der Waals surface area contributed by atoms with Gasteiger partial charge in [0.15, 0.2) is 0 Å². The molecule has 0 N–H and O–H groups in total. The maximum absolute atomic E-state index is 12.9. The Morgan fingerprint density at radius 1 is 1.04 bits per heavy atom. The molecular formula is C19H15F3N2O3S. The number of alkyl halides is 3. The van der Waals surface area contributed by atoms with Gasteiger partial charge < -0.3 is 4.74 Å². The third-order valence-corrected chi connectivity index (χ3v) is 6.42. The maximum Gasteiger partial charge on any atom is 0.416 e. The van der Waals surface area contributed by atoms with Crippen molar-refractivity contribution in [1.29, 1.82) is 0 Å². The molecule has 4 rings (SSSR count). The van der Waals surface area contributed by atoms with Gasteiger partial charge in [-0.05, 0) is 17.5 Å². The third kappa shape index (κ3) is 3.43. The number of fused-ring (bicyclic) bond motifs is 1. The van der Waals surface area contributed by atoms with Crippen molar-refractivity contribution in [3.63, 3.8) is 0 Å². The van der Waals surface area contributed by atoms with E-state index in [1.54, 1.807) is 24.3 Å². The number of benzene rings is 2. The average Bonchev–Trinajstić information content (AvgIpc) is 2.63. The number of pyridine rings is 1. The molecule has 0 spiro atoms. The zero-order valence-electron chi connectivity index (χ0n) is 14.4. The molecule has 3 aromatic rings. The van der Waals surface area contributed by atoms with Gasteiger partial charge in [-0.1, -0.05) is 36.4 Å². The van der Waals surface area contributed by atoms with E-state index in [0.717, 1.165) is 23.7 Å². The van der Waals surface area contributed by atoms with E-state index in [1.165, 1.54) is 4.31 Å². The zero-order valence-corrected chi connectivity index (χ0v) is 15.2. The van der Waals surface area contributed by atoms with Crippen LogP contribution in [0.5, 0.6) is 5.88 Å². The molecule has 0 atom stereocenters. The number of halogens is 3. The van der Waals surface area contributed by atoms with Crippen molar-refractivity contribution in [2.24, 2.45) is 0 Å². The fourth-order valence-electron chi connectivity index (χ4n) is 3.05. The number of hydrogen-bond acceptors (Lipinski definition) is 4. The predicted octanol–water partition coefficient (Wildman–Crippen LogP) is 3.71. The van der Waals surface area contributed by atoms with Gasteiger partial charge in [-0.25, -0.2) is 13.4 Å². The van der Waals surface area contributed by atoms with Crippen molar-refractivity contribution in [2.75, 3.05) is 13.1 Å². The predicted molar refractivity (Wildman–Crippen MR) is 96.4 cm³/mol. The molecule has 2 heterocycles. The van der Waals surface area contributed by atoms with Crippen LogP contribution < -0.4 is 4.74 Å². The van der Waals surface area contributed by atoms with Gasteiger partial charge in [0.2, 0.25) is 15.9 Å². The third-order valence-electron chi connectivity index (χ3n) is 4.53. The molecule has 0 radical (unpaired) electrons. The van der Waals surface area contributed by atoms with E-state index in [0.29, 0.717) is 5.39 Å². The van der Waals surface area contributed by atoms with Gasteiger partial charge in [-0.15, -0.1) is 0 Å². The van der Waals surface area contributed by atoms with Crippen molar-refractivity contribution in [2.45, 2.75) is 17.2 Å². The topological polar surface area (TPSA) is 59.5 Å². The molecule has 0 bridgehead atoms. The molecule has 0 unspecified atom stereocenters. The summed E-state index contributed by atoms with van der Waals surface area (Å²) in [5.41, 5.74) is -0.864. The van der Waals surface area contributed by atoms with E-state index in [9.17, 15) is 21.6 Å². The molecule has 1 saturated heterocycles. The van der Waals surface area contributed by atoms with E-state index < -0.39 is 27.9 Å². The maximum atomic E-state index is 12.9. The smallest absolute Gasteiger partial charge is 0.416 e. The Kier molecular flexibility index (Phi) is 4.51. The second kappa shape index (κ2) is 6.75. The molecule has 0 amide bonds. The molecule has 0 saturated carbocycles. The Hall–Kier alpha value is -2.65. The quantitative estimate of drug-likeness (QED) is 0.661. The van der Waals surface area contributed by atoms with E-state index in [4.69, 9.17) is 4.74 Å². The number of rotatable bonds is 4. The van der Waals surface area contributed by atoms with Crippen LogP contribution in [0, 0.1) is 0 Å². The standard InChI is InChI=1S/C19H15F3N2O3S/c20-19(21,22)14-8-9-23-18(10-14)27-15-11-24(12-15)28(25,26)17-7-3-5-13-4-1-2-6-16(13)17/h1-10,15H,11-12H2. The Labute approximate surface area is 159 Å². The van der Waals surface area contributed by atoms with Crippen LogP contribution in [0.4, 0.5) is 13.2 Å². The lowest BCUT2D eigenvalue weighted by atomic mass is 10.1. The van der Waals surface area contributed by atoms with Crippen molar-refractivity contribution in [1.82, 2.24) is 9.29 Å². The van der Waals surface area contributed by atoms with Crippen molar-refractivity contribution >= 4 is 20.8 Å². The number of hydrogen-bond donors (Lipinski definition) is 0. The minimum absolute atomic E-state index is 0.0451. The van der Waals surface area contributed by atoms with Gasteiger partial charge in [0.25, 0.3) is 0 Å². The summed E-state index contributed by atoms with van der Waals surface area (Å²) in [6.07, 6.45) is -4.04. The van der Waals surface area contributed by atoms with Crippen LogP contribution in [-0.4, -0.2) is 36.9 Å². The fraction of sp³-hybridized carbons (Fsp3) is 0.211. The Morgan fingerprint density at radius 2 is 1.75 bits per heavy atom. The Morgan fingerprint density at radius 3 is 2.50 bits per heavy atom. The number of aromatic nitrogens is 1. The molecular weight excluding hydrogens is 393 g/mol. The molecule has 9 heteroatoms. The molecule has 5 nitrogen and oxygen atoms in total. The van der Waals surface area contributed by atoms with Crippen LogP contribution in [0.25, 0.3) is 10.8 Å². The van der Waals surface area contributed by atoms with Crippen LogP contribution >= 0.6 is 0 Å². The largest absolute Gasteiger partial charge is 0.472 e. The SMILES string of the molecule is O=S(=O)(c1cccc2ccccc12)N1CC(Oc2cc(C(F)(F)F)ccn2)C1. The fourth-order valence-corrected chi connectivity index (χ4v) is 4.77. The second-order valence-corrected chi connectivity index (χ2v) is 8.33. The minimum atomic E-state index is -4.50. The Balaban J connectivity index is 1.49. The van der Waals surface area contributed by atoms with Gasteiger partial charge in [-0.2, -0.15) is 17.5 Å². The number of sulfonamides is 1. The van der Waals surface area contributed by atoms with Crippen molar-refractivity contribution in [3.05, 3.63) is 66.4 Å². The highest BCUT2D eigenvalue weighted by molar-refractivity contribution is 7.89. The lowest BCUT2D eigenvalue weighted by Gasteiger charge is -2.37. The number of nitrogens with zero attached hydrogens (tertiary/aromatic N) is 2. The highest BCUT2D eigenvalue weighted by atomic mass is 32.2. The van der Waals surface area contributed by atoms with Crippen LogP contribution in [0.1, 0.15) is 5.56 Å². The van der Waals surface area contributed by atoms with Gasteiger partial charge in [0.05, 0.1) is 23.5 Å². The summed E-state index contributed by atoms with van der Waals surface area (Å²) >= 11 is 0. The van der Waals surface area contributed by atoms with Gasteiger partial charge in [0, 0.05) is 17.6 Å². The van der Waals surface area contributed by atoms with Crippen LogP contribution in [0.3, 0.4) is 0 Å². The molecule has 28 heavy (non-hydrogen) atoms. The summed E-state index contributed by atoms with van der Waals surface area (Å²) in [5, 5.41) is 1.43. The first-order chi connectivity index (χ1) is 13.2. The van der Waals surface area contributed by atoms with E-state index >= 15 is 0 Å². The summed E-state index contributed by atoms with van der Waals surface area (Å²) in [5.74, 6) is -0.179. The molecule has 2 aromatic carbocycles. The first kappa shape index (κ1) is 18.7. The van der Waals surface area contributed by atoms with Crippen LogP contribution in [-0.2, 0) is 16.2 Å². The summed E-state index contributed by atoms with van der Waals surface area (Å²) in [6.45, 7) is 0.0902.